The number of aldehydes is 1. The maximum Gasteiger partial charge on any atom is 0.303 e. The minimum Gasteiger partial charge on any atom is -0.456 e. The molecule has 166 valence electrons. The van der Waals surface area contributed by atoms with Gasteiger partial charge in [0.2, 0.25) is 0 Å². The molecule has 2 aliphatic heterocycles. The third-order valence-electron chi connectivity index (χ3n) is 5.56. The van der Waals surface area contributed by atoms with Gasteiger partial charge in [0.25, 0.3) is 5.91 Å². The van der Waals surface area contributed by atoms with Gasteiger partial charge in [-0.15, -0.1) is 0 Å². The molecule has 1 fully saturated rings. The van der Waals surface area contributed by atoms with E-state index in [1.54, 1.807) is 29.2 Å². The van der Waals surface area contributed by atoms with Gasteiger partial charge in [0, 0.05) is 41.7 Å². The van der Waals surface area contributed by atoms with Crippen LogP contribution < -0.4 is 5.32 Å². The van der Waals surface area contributed by atoms with Gasteiger partial charge in [-0.05, 0) is 24.3 Å². The van der Waals surface area contributed by atoms with E-state index in [9.17, 15) is 14.4 Å². The predicted octanol–water partition coefficient (Wildman–Crippen LogP) is 4.65. The maximum atomic E-state index is 12.7. The van der Waals surface area contributed by atoms with Gasteiger partial charge in [-0.25, -0.2) is 0 Å². The van der Waals surface area contributed by atoms with E-state index >= 15 is 0 Å². The number of carbonyl (C=O) groups excluding carboxylic acids is 3. The number of ether oxygens (including phenoxy) is 1. The standard InChI is InChI=1S/C22H18Cl3N3O4/c1-12(30)32-10-19(31)28-7-6-18-22(11-28,15-3-4-16(24)20(25)21(15)26-18)27-17-5-2-14(23)8-13(17)9-29/h2-5,8-9,27H,6-7,10-11H2,1H3. The van der Waals surface area contributed by atoms with Gasteiger partial charge in [-0.3, -0.25) is 19.4 Å². The van der Waals surface area contributed by atoms with Crippen LogP contribution >= 0.6 is 34.8 Å². The second-order valence-electron chi connectivity index (χ2n) is 7.54. The van der Waals surface area contributed by atoms with Gasteiger partial charge < -0.3 is 15.0 Å². The number of esters is 1. The molecular formula is C22H18Cl3N3O4. The minimum atomic E-state index is -0.945. The van der Waals surface area contributed by atoms with Crippen LogP contribution in [-0.2, 0) is 19.9 Å². The van der Waals surface area contributed by atoms with Crippen molar-refractivity contribution >= 4 is 70.1 Å². The highest BCUT2D eigenvalue weighted by Crippen LogP contribution is 2.49. The Morgan fingerprint density at radius 1 is 1.25 bits per heavy atom. The summed E-state index contributed by atoms with van der Waals surface area (Å²) in [6, 6.07) is 8.41. The quantitative estimate of drug-likeness (QED) is 0.483. The monoisotopic (exact) mass is 493 g/mol. The highest BCUT2D eigenvalue weighted by Gasteiger charge is 2.49. The first-order valence-electron chi connectivity index (χ1n) is 9.76. The molecule has 7 nitrogen and oxygen atoms in total. The normalized spacial score (nSPS) is 19.0. The Bertz CT molecular complexity index is 1170. The zero-order valence-corrected chi connectivity index (χ0v) is 19.2. The number of hydrogen-bond donors (Lipinski definition) is 1. The molecule has 0 radical (unpaired) electrons. The molecule has 4 rings (SSSR count). The molecule has 0 spiro atoms. The molecule has 1 unspecified atom stereocenters. The van der Waals surface area contributed by atoms with Crippen LogP contribution in [0.3, 0.4) is 0 Å². The second-order valence-corrected chi connectivity index (χ2v) is 8.76. The van der Waals surface area contributed by atoms with Crippen molar-refractivity contribution < 1.29 is 19.1 Å². The van der Waals surface area contributed by atoms with Crippen LogP contribution in [0.2, 0.25) is 15.1 Å². The average molecular weight is 495 g/mol. The summed E-state index contributed by atoms with van der Waals surface area (Å²) in [7, 11) is 0. The summed E-state index contributed by atoms with van der Waals surface area (Å²) >= 11 is 18.7. The molecule has 10 heteroatoms. The van der Waals surface area contributed by atoms with Gasteiger partial charge >= 0.3 is 5.97 Å². The van der Waals surface area contributed by atoms with E-state index in [1.807, 2.05) is 6.07 Å². The van der Waals surface area contributed by atoms with E-state index in [0.29, 0.717) is 51.3 Å². The topological polar surface area (TPSA) is 88.1 Å². The van der Waals surface area contributed by atoms with Gasteiger partial charge in [-0.2, -0.15) is 0 Å². The summed E-state index contributed by atoms with van der Waals surface area (Å²) in [6.45, 7) is 1.48. The van der Waals surface area contributed by atoms with Crippen molar-refractivity contribution in [3.8, 4) is 0 Å². The molecule has 0 aliphatic carbocycles. The van der Waals surface area contributed by atoms with Crippen molar-refractivity contribution in [2.24, 2.45) is 4.99 Å². The van der Waals surface area contributed by atoms with Crippen molar-refractivity contribution in [2.75, 3.05) is 25.0 Å². The fraction of sp³-hybridized carbons (Fsp3) is 0.273. The minimum absolute atomic E-state index is 0.192. The van der Waals surface area contributed by atoms with Crippen molar-refractivity contribution in [1.29, 1.82) is 0 Å². The lowest BCUT2D eigenvalue weighted by atomic mass is 9.81. The number of nitrogens with one attached hydrogen (secondary N) is 1. The fourth-order valence-electron chi connectivity index (χ4n) is 4.05. The van der Waals surface area contributed by atoms with Gasteiger partial charge in [0.15, 0.2) is 12.9 Å². The Labute approximate surface area is 199 Å². The van der Waals surface area contributed by atoms with Crippen molar-refractivity contribution in [2.45, 2.75) is 18.9 Å². The largest absolute Gasteiger partial charge is 0.456 e. The number of rotatable bonds is 5. The number of aliphatic imine (C=N–C) groups is 1. The summed E-state index contributed by atoms with van der Waals surface area (Å²) < 4.78 is 4.89. The Hall–Kier alpha value is -2.61. The smallest absolute Gasteiger partial charge is 0.303 e. The number of carbonyl (C=O) groups is 3. The number of piperidine rings is 1. The first kappa shape index (κ1) is 22.6. The van der Waals surface area contributed by atoms with Crippen LogP contribution in [0.15, 0.2) is 35.3 Å². The highest BCUT2D eigenvalue weighted by molar-refractivity contribution is 6.44. The predicted molar refractivity (Wildman–Crippen MR) is 124 cm³/mol. The third-order valence-corrected chi connectivity index (χ3v) is 6.58. The van der Waals surface area contributed by atoms with Gasteiger partial charge in [-0.1, -0.05) is 40.9 Å². The molecule has 1 N–H and O–H groups in total. The molecule has 32 heavy (non-hydrogen) atoms. The summed E-state index contributed by atoms with van der Waals surface area (Å²) in [6.07, 6.45) is 1.16. The summed E-state index contributed by atoms with van der Waals surface area (Å²) in [4.78, 5) is 41.9. The number of nitrogens with zero attached hydrogens (tertiary/aromatic N) is 2. The van der Waals surface area contributed by atoms with E-state index in [4.69, 9.17) is 44.5 Å². The average Bonchev–Trinajstić information content (AvgIpc) is 3.09. The molecule has 2 aliphatic rings. The molecule has 0 bridgehead atoms. The second kappa shape index (κ2) is 8.73. The molecule has 2 heterocycles. The van der Waals surface area contributed by atoms with E-state index in [1.165, 1.54) is 6.92 Å². The fourth-order valence-corrected chi connectivity index (χ4v) is 4.59. The van der Waals surface area contributed by atoms with Crippen LogP contribution in [-0.4, -0.2) is 48.5 Å². The number of likely N-dealkylation sites (tertiary alicyclic amines) is 1. The van der Waals surface area contributed by atoms with E-state index in [0.717, 1.165) is 11.3 Å². The Morgan fingerprint density at radius 2 is 2.03 bits per heavy atom. The van der Waals surface area contributed by atoms with E-state index in [-0.39, 0.29) is 19.1 Å². The number of halogens is 3. The summed E-state index contributed by atoms with van der Waals surface area (Å²) in [5.74, 6) is -0.865. The summed E-state index contributed by atoms with van der Waals surface area (Å²) in [5, 5.41) is 4.54. The number of benzene rings is 2. The molecule has 0 saturated carbocycles. The van der Waals surface area contributed by atoms with Crippen LogP contribution in [0.1, 0.15) is 29.3 Å². The molecular weight excluding hydrogens is 477 g/mol. The Kier molecular flexibility index (Phi) is 6.16. The molecule has 2 aromatic rings. The lowest BCUT2D eigenvalue weighted by Crippen LogP contribution is -2.57. The first-order chi connectivity index (χ1) is 15.2. The summed E-state index contributed by atoms with van der Waals surface area (Å²) in [5.41, 5.74) is 1.98. The SMILES string of the molecule is CC(=O)OCC(=O)N1CCC2=Nc3c(ccc(Cl)c3Cl)C2(Nc2ccc(Cl)cc2C=O)C1. The highest BCUT2D eigenvalue weighted by atomic mass is 35.5. The number of anilines is 1. The number of fused-ring (bicyclic) bond motifs is 3. The van der Waals surface area contributed by atoms with Crippen LogP contribution in [0.5, 0.6) is 0 Å². The maximum absolute atomic E-state index is 12.7. The van der Waals surface area contributed by atoms with Gasteiger partial charge in [0.1, 0.15) is 5.54 Å². The Balaban J connectivity index is 1.79. The molecule has 2 aromatic carbocycles. The van der Waals surface area contributed by atoms with E-state index < -0.39 is 11.5 Å². The van der Waals surface area contributed by atoms with E-state index in [2.05, 4.69) is 5.32 Å². The molecule has 0 aromatic heterocycles. The first-order valence-corrected chi connectivity index (χ1v) is 10.9. The van der Waals surface area contributed by atoms with Crippen LogP contribution in [0.4, 0.5) is 11.4 Å². The zero-order chi connectivity index (χ0) is 23.0. The molecule has 1 amide bonds. The van der Waals surface area contributed by atoms with Crippen LogP contribution in [0.25, 0.3) is 0 Å². The lowest BCUT2D eigenvalue weighted by Gasteiger charge is -2.43. The van der Waals surface area contributed by atoms with Gasteiger partial charge in [0.05, 0.1) is 28.0 Å². The molecule has 1 saturated heterocycles. The zero-order valence-electron chi connectivity index (χ0n) is 17.0. The Morgan fingerprint density at radius 3 is 2.75 bits per heavy atom. The third kappa shape index (κ3) is 3.96. The van der Waals surface area contributed by atoms with Crippen LogP contribution in [0, 0.1) is 0 Å². The number of amides is 1. The van der Waals surface area contributed by atoms with Crippen molar-refractivity contribution in [3.63, 3.8) is 0 Å². The number of hydrogen-bond acceptors (Lipinski definition) is 6. The van der Waals surface area contributed by atoms with Crippen molar-refractivity contribution in [3.05, 3.63) is 56.5 Å². The molecule has 1 atom stereocenters. The van der Waals surface area contributed by atoms with Crippen molar-refractivity contribution in [1.82, 2.24) is 4.90 Å². The lowest BCUT2D eigenvalue weighted by molar-refractivity contribution is -0.150.